The van der Waals surface area contributed by atoms with Crippen LogP contribution in [0, 0.1) is 0 Å². The number of hydrogen-bond acceptors (Lipinski definition) is 12. The fourth-order valence-corrected chi connectivity index (χ4v) is 4.70. The first-order valence-corrected chi connectivity index (χ1v) is 13.5. The van der Waals surface area contributed by atoms with Crippen molar-refractivity contribution in [3.8, 4) is 0 Å². The van der Waals surface area contributed by atoms with Crippen molar-refractivity contribution in [1.82, 2.24) is 9.80 Å². The first-order chi connectivity index (χ1) is 20.5. The molecule has 0 saturated carbocycles. The highest BCUT2D eigenvalue weighted by Crippen LogP contribution is 2.37. The average Bonchev–Trinajstić information content (AvgIpc) is 2.99. The van der Waals surface area contributed by atoms with Crippen molar-refractivity contribution in [2.24, 2.45) is 0 Å². The summed E-state index contributed by atoms with van der Waals surface area (Å²) in [5.41, 5.74) is 0.941. The Morgan fingerprint density at radius 1 is 0.429 bits per heavy atom. The SMILES string of the molecule is O=C1c2ccc3c4c(ccc(c24)C(=O)N1CCOCCOCCOCO)C(=O)N(CCOCCOCCOCO)C3=O. The highest BCUT2D eigenvalue weighted by Gasteiger charge is 2.39. The molecule has 2 heterocycles. The number of amides is 4. The zero-order chi connectivity index (χ0) is 29.9. The summed E-state index contributed by atoms with van der Waals surface area (Å²) in [6.07, 6.45) is 0. The van der Waals surface area contributed by atoms with Crippen molar-refractivity contribution in [2.75, 3.05) is 92.7 Å². The number of nitrogens with zero attached hydrogens (tertiary/aromatic N) is 2. The predicted molar refractivity (Wildman–Crippen MR) is 144 cm³/mol. The summed E-state index contributed by atoms with van der Waals surface area (Å²) in [5.74, 6) is -2.12. The van der Waals surface area contributed by atoms with Gasteiger partial charge in [0.15, 0.2) is 0 Å². The molecule has 0 radical (unpaired) electrons. The van der Waals surface area contributed by atoms with E-state index in [9.17, 15) is 19.2 Å². The third-order valence-electron chi connectivity index (χ3n) is 6.65. The molecule has 0 unspecified atom stereocenters. The van der Waals surface area contributed by atoms with E-state index in [1.807, 2.05) is 0 Å². The van der Waals surface area contributed by atoms with Crippen molar-refractivity contribution < 1.29 is 57.8 Å². The van der Waals surface area contributed by atoms with Gasteiger partial charge in [-0.2, -0.15) is 0 Å². The Morgan fingerprint density at radius 2 is 0.690 bits per heavy atom. The van der Waals surface area contributed by atoms with Crippen LogP contribution >= 0.6 is 0 Å². The average molecular weight is 591 g/mol. The van der Waals surface area contributed by atoms with Gasteiger partial charge in [0.25, 0.3) is 23.6 Å². The molecular weight excluding hydrogens is 556 g/mol. The normalized spacial score (nSPS) is 14.5. The van der Waals surface area contributed by atoms with Crippen LogP contribution in [0.2, 0.25) is 0 Å². The van der Waals surface area contributed by atoms with Gasteiger partial charge in [-0.3, -0.25) is 29.0 Å². The van der Waals surface area contributed by atoms with Crippen molar-refractivity contribution in [3.05, 3.63) is 46.5 Å². The number of hydrogen-bond donors (Lipinski definition) is 2. The molecule has 0 bridgehead atoms. The van der Waals surface area contributed by atoms with Crippen LogP contribution in [0.5, 0.6) is 0 Å². The molecule has 0 atom stereocenters. The maximum absolute atomic E-state index is 13.3. The molecule has 2 aliphatic rings. The third kappa shape index (κ3) is 7.17. The number of aliphatic hydroxyl groups excluding tert-OH is 2. The summed E-state index contributed by atoms with van der Waals surface area (Å²) in [6.45, 7) is 1.65. The minimum absolute atomic E-state index is 0.0167. The quantitative estimate of drug-likeness (QED) is 0.121. The highest BCUT2D eigenvalue weighted by molar-refractivity contribution is 6.33. The van der Waals surface area contributed by atoms with Crippen molar-refractivity contribution in [3.63, 3.8) is 0 Å². The molecule has 0 saturated heterocycles. The van der Waals surface area contributed by atoms with Gasteiger partial charge < -0.3 is 38.6 Å². The molecule has 2 aliphatic heterocycles. The van der Waals surface area contributed by atoms with E-state index in [0.29, 0.717) is 24.0 Å². The second-order valence-corrected chi connectivity index (χ2v) is 9.12. The molecule has 14 heteroatoms. The monoisotopic (exact) mass is 590 g/mol. The summed E-state index contributed by atoms with van der Waals surface area (Å²) in [5, 5.41) is 17.7. The Bertz CT molecular complexity index is 1120. The molecule has 0 aromatic heterocycles. The van der Waals surface area contributed by atoms with Crippen LogP contribution in [0.3, 0.4) is 0 Å². The van der Waals surface area contributed by atoms with E-state index in [2.05, 4.69) is 0 Å². The number of carbonyl (C=O) groups is 4. The Hall–Kier alpha value is -3.34. The van der Waals surface area contributed by atoms with Crippen molar-refractivity contribution in [1.29, 1.82) is 0 Å². The minimum Gasteiger partial charge on any atom is -0.377 e. The highest BCUT2D eigenvalue weighted by atomic mass is 16.6. The van der Waals surface area contributed by atoms with Gasteiger partial charge in [-0.15, -0.1) is 0 Å². The maximum Gasteiger partial charge on any atom is 0.261 e. The van der Waals surface area contributed by atoms with E-state index in [-0.39, 0.29) is 102 Å². The third-order valence-corrected chi connectivity index (χ3v) is 6.65. The number of benzene rings is 2. The van der Waals surface area contributed by atoms with E-state index < -0.39 is 23.6 Å². The molecular formula is C28H34N2O12. The van der Waals surface area contributed by atoms with Crippen LogP contribution < -0.4 is 0 Å². The standard InChI is InChI=1S/C28H34N2O12/c31-17-41-15-13-39-11-9-37-7-5-29-25(33)19-1-2-20-24-22(4-3-21(23(19)24)27(29)35)28(36)30(26(20)34)6-8-38-10-12-40-14-16-42-18-32/h1-4,31-32H,5-18H2. The lowest BCUT2D eigenvalue weighted by Gasteiger charge is -2.31. The van der Waals surface area contributed by atoms with E-state index in [0.717, 1.165) is 9.80 Å². The lowest BCUT2D eigenvalue weighted by atomic mass is 9.86. The first-order valence-electron chi connectivity index (χ1n) is 13.5. The molecule has 42 heavy (non-hydrogen) atoms. The number of carbonyl (C=O) groups excluding carboxylic acids is 4. The van der Waals surface area contributed by atoms with Crippen LogP contribution in [0.4, 0.5) is 0 Å². The first kappa shape index (κ1) is 31.6. The summed E-state index contributed by atoms with van der Waals surface area (Å²) < 4.78 is 31.0. The Kier molecular flexibility index (Phi) is 11.9. The van der Waals surface area contributed by atoms with Crippen molar-refractivity contribution in [2.45, 2.75) is 0 Å². The van der Waals surface area contributed by atoms with Gasteiger partial charge in [-0.1, -0.05) is 0 Å². The molecule has 0 aliphatic carbocycles. The van der Waals surface area contributed by atoms with Gasteiger partial charge in [-0.25, -0.2) is 0 Å². The zero-order valence-corrected chi connectivity index (χ0v) is 23.1. The lowest BCUT2D eigenvalue weighted by Crippen LogP contribution is -2.45. The summed E-state index contributed by atoms with van der Waals surface area (Å²) in [7, 11) is 0. The van der Waals surface area contributed by atoms with Gasteiger partial charge in [0.2, 0.25) is 0 Å². The topological polar surface area (TPSA) is 171 Å². The smallest absolute Gasteiger partial charge is 0.261 e. The van der Waals surface area contributed by atoms with Crippen LogP contribution in [-0.4, -0.2) is 136 Å². The summed E-state index contributed by atoms with van der Waals surface area (Å²) >= 11 is 0. The molecule has 2 N–H and O–H groups in total. The van der Waals surface area contributed by atoms with Crippen LogP contribution in [0.25, 0.3) is 10.8 Å². The van der Waals surface area contributed by atoms with E-state index >= 15 is 0 Å². The summed E-state index contributed by atoms with van der Waals surface area (Å²) in [6, 6.07) is 6.04. The fraction of sp³-hybridized carbons (Fsp3) is 0.500. The molecule has 2 aromatic carbocycles. The molecule has 0 fully saturated rings. The predicted octanol–water partition coefficient (Wildman–Crippen LogP) is 0.0310. The number of imide groups is 2. The van der Waals surface area contributed by atoms with Gasteiger partial charge in [0, 0.05) is 33.0 Å². The van der Waals surface area contributed by atoms with E-state index in [4.69, 9.17) is 38.6 Å². The minimum atomic E-state index is -0.530. The number of ether oxygens (including phenoxy) is 6. The van der Waals surface area contributed by atoms with Gasteiger partial charge in [-0.05, 0) is 24.3 Å². The molecule has 4 rings (SSSR count). The van der Waals surface area contributed by atoms with Gasteiger partial charge in [0.05, 0.1) is 79.2 Å². The Labute approximate surface area is 241 Å². The largest absolute Gasteiger partial charge is 0.377 e. The molecule has 228 valence electrons. The fourth-order valence-electron chi connectivity index (χ4n) is 4.70. The van der Waals surface area contributed by atoms with Gasteiger partial charge >= 0.3 is 0 Å². The van der Waals surface area contributed by atoms with Crippen molar-refractivity contribution >= 4 is 34.4 Å². The van der Waals surface area contributed by atoms with Crippen LogP contribution in [-0.2, 0) is 28.4 Å². The molecule has 4 amide bonds. The maximum atomic E-state index is 13.3. The zero-order valence-electron chi connectivity index (χ0n) is 23.1. The van der Waals surface area contributed by atoms with E-state index in [1.165, 1.54) is 24.3 Å². The van der Waals surface area contributed by atoms with Gasteiger partial charge in [0.1, 0.15) is 13.6 Å². The number of aliphatic hydroxyl groups is 2. The van der Waals surface area contributed by atoms with Crippen LogP contribution in [0.15, 0.2) is 24.3 Å². The van der Waals surface area contributed by atoms with Crippen LogP contribution in [0.1, 0.15) is 41.4 Å². The second kappa shape index (κ2) is 15.8. The Balaban J connectivity index is 1.36. The molecule has 14 nitrogen and oxygen atoms in total. The summed E-state index contributed by atoms with van der Waals surface area (Å²) in [4.78, 5) is 55.4. The molecule has 0 spiro atoms. The lowest BCUT2D eigenvalue weighted by molar-refractivity contribution is -0.0372. The molecule has 2 aromatic rings. The van der Waals surface area contributed by atoms with E-state index in [1.54, 1.807) is 0 Å². The number of rotatable bonds is 20. The second-order valence-electron chi connectivity index (χ2n) is 9.12. The Morgan fingerprint density at radius 3 is 0.976 bits per heavy atom.